The van der Waals surface area contributed by atoms with Crippen molar-refractivity contribution < 1.29 is 14.0 Å². The number of amides is 2. The SMILES string of the molecule is C[C@@H]1CCC[C@H](C)N1C(=O)CN1Cc2ccccc2C[C@@H]1C(=O)NCCc1ccc(F)cc1. The van der Waals surface area contributed by atoms with Crippen LogP contribution < -0.4 is 5.32 Å². The van der Waals surface area contributed by atoms with Crippen LogP contribution in [0.15, 0.2) is 48.5 Å². The van der Waals surface area contributed by atoms with E-state index in [0.29, 0.717) is 25.9 Å². The van der Waals surface area contributed by atoms with E-state index in [2.05, 4.69) is 31.3 Å². The Morgan fingerprint density at radius 1 is 1.00 bits per heavy atom. The van der Waals surface area contributed by atoms with E-state index in [1.165, 1.54) is 23.3 Å². The van der Waals surface area contributed by atoms with Crippen molar-refractivity contribution in [2.75, 3.05) is 13.1 Å². The summed E-state index contributed by atoms with van der Waals surface area (Å²) in [5, 5.41) is 3.05. The van der Waals surface area contributed by atoms with Crippen molar-refractivity contribution in [3.05, 3.63) is 71.0 Å². The zero-order valence-electron chi connectivity index (χ0n) is 19.6. The van der Waals surface area contributed by atoms with E-state index in [9.17, 15) is 14.0 Å². The Bertz CT molecular complexity index is 968. The van der Waals surface area contributed by atoms with Gasteiger partial charge in [-0.3, -0.25) is 14.5 Å². The largest absolute Gasteiger partial charge is 0.354 e. The normalized spacial score (nSPS) is 23.1. The topological polar surface area (TPSA) is 52.7 Å². The summed E-state index contributed by atoms with van der Waals surface area (Å²) in [5.41, 5.74) is 3.32. The van der Waals surface area contributed by atoms with Crippen LogP contribution in [0.4, 0.5) is 4.39 Å². The molecule has 176 valence electrons. The lowest BCUT2D eigenvalue weighted by Crippen LogP contribution is -2.56. The van der Waals surface area contributed by atoms with Gasteiger partial charge in [-0.2, -0.15) is 0 Å². The predicted molar refractivity (Wildman–Crippen MR) is 127 cm³/mol. The summed E-state index contributed by atoms with van der Waals surface area (Å²) in [4.78, 5) is 30.6. The predicted octanol–water partition coefficient (Wildman–Crippen LogP) is 3.70. The molecule has 0 aliphatic carbocycles. The zero-order chi connectivity index (χ0) is 23.4. The molecule has 0 aromatic heterocycles. The number of likely N-dealkylation sites (tertiary alicyclic amines) is 1. The lowest BCUT2D eigenvalue weighted by molar-refractivity contribution is -0.140. The van der Waals surface area contributed by atoms with E-state index < -0.39 is 0 Å². The van der Waals surface area contributed by atoms with Gasteiger partial charge < -0.3 is 10.2 Å². The Morgan fingerprint density at radius 2 is 1.67 bits per heavy atom. The first-order valence-electron chi connectivity index (χ1n) is 12.1. The molecule has 2 amide bonds. The third-order valence-corrected chi connectivity index (χ3v) is 7.09. The van der Waals surface area contributed by atoms with Crippen LogP contribution in [0.5, 0.6) is 0 Å². The van der Waals surface area contributed by atoms with Crippen molar-refractivity contribution in [3.8, 4) is 0 Å². The van der Waals surface area contributed by atoms with Gasteiger partial charge in [-0.15, -0.1) is 0 Å². The van der Waals surface area contributed by atoms with Crippen LogP contribution in [0, 0.1) is 5.82 Å². The van der Waals surface area contributed by atoms with Crippen LogP contribution in [0.1, 0.15) is 49.8 Å². The van der Waals surface area contributed by atoms with Gasteiger partial charge >= 0.3 is 0 Å². The van der Waals surface area contributed by atoms with Gasteiger partial charge in [0, 0.05) is 25.2 Å². The number of piperidine rings is 1. The Balaban J connectivity index is 1.44. The fourth-order valence-electron chi connectivity index (χ4n) is 5.27. The van der Waals surface area contributed by atoms with Crippen molar-refractivity contribution in [1.82, 2.24) is 15.1 Å². The number of nitrogens with zero attached hydrogens (tertiary/aromatic N) is 2. The third kappa shape index (κ3) is 5.61. The third-order valence-electron chi connectivity index (χ3n) is 7.09. The quantitative estimate of drug-likeness (QED) is 0.729. The first kappa shape index (κ1) is 23.4. The Labute approximate surface area is 196 Å². The summed E-state index contributed by atoms with van der Waals surface area (Å²) >= 11 is 0. The molecule has 6 heteroatoms. The van der Waals surface area contributed by atoms with Crippen molar-refractivity contribution in [3.63, 3.8) is 0 Å². The first-order chi connectivity index (χ1) is 15.9. The highest BCUT2D eigenvalue weighted by Crippen LogP contribution is 2.26. The highest BCUT2D eigenvalue weighted by Gasteiger charge is 2.35. The minimum absolute atomic E-state index is 0.0563. The molecule has 0 unspecified atom stereocenters. The number of carbonyl (C=O) groups excluding carboxylic acids is 2. The lowest BCUT2D eigenvalue weighted by Gasteiger charge is -2.42. The molecule has 0 saturated carbocycles. The minimum atomic E-state index is -0.382. The van der Waals surface area contributed by atoms with Gasteiger partial charge in [0.25, 0.3) is 0 Å². The standard InChI is InChI=1S/C27H34FN3O2/c1-19-6-5-7-20(2)31(19)26(32)18-30-17-23-9-4-3-8-22(23)16-25(30)27(33)29-15-14-21-10-12-24(28)13-11-21/h3-4,8-13,19-20,25H,5-7,14-18H2,1-2H3,(H,29,33)/t19-,20+,25-/m1/s1. The summed E-state index contributed by atoms with van der Waals surface area (Å²) in [6.07, 6.45) is 4.45. The number of benzene rings is 2. The molecule has 1 fully saturated rings. The number of carbonyl (C=O) groups is 2. The Kier molecular flexibility index (Phi) is 7.43. The Hall–Kier alpha value is -2.73. The molecule has 2 aromatic rings. The maximum absolute atomic E-state index is 13.3. The van der Waals surface area contributed by atoms with Crippen molar-refractivity contribution in [2.24, 2.45) is 0 Å². The van der Waals surface area contributed by atoms with Crippen LogP contribution in [-0.4, -0.2) is 52.8 Å². The molecule has 33 heavy (non-hydrogen) atoms. The van der Waals surface area contributed by atoms with E-state index in [0.717, 1.165) is 24.8 Å². The van der Waals surface area contributed by atoms with Gasteiger partial charge in [-0.25, -0.2) is 4.39 Å². The molecule has 2 heterocycles. The maximum atomic E-state index is 13.3. The van der Waals surface area contributed by atoms with E-state index in [4.69, 9.17) is 0 Å². The molecule has 2 aliphatic rings. The van der Waals surface area contributed by atoms with Gasteiger partial charge in [-0.1, -0.05) is 36.4 Å². The van der Waals surface area contributed by atoms with E-state index in [1.54, 1.807) is 12.1 Å². The molecule has 4 rings (SSSR count). The van der Waals surface area contributed by atoms with Crippen LogP contribution in [0.25, 0.3) is 0 Å². The molecule has 5 nitrogen and oxygen atoms in total. The van der Waals surface area contributed by atoms with Crippen molar-refractivity contribution in [2.45, 2.75) is 70.6 Å². The number of nitrogens with one attached hydrogen (secondary N) is 1. The number of hydrogen-bond acceptors (Lipinski definition) is 3. The van der Waals surface area contributed by atoms with E-state index in [1.807, 2.05) is 21.9 Å². The Morgan fingerprint density at radius 3 is 2.36 bits per heavy atom. The number of rotatable bonds is 6. The van der Waals surface area contributed by atoms with Crippen LogP contribution >= 0.6 is 0 Å². The van der Waals surface area contributed by atoms with Crippen LogP contribution in [-0.2, 0) is 29.0 Å². The molecule has 1 saturated heterocycles. The second-order valence-electron chi connectivity index (χ2n) is 9.49. The fourth-order valence-corrected chi connectivity index (χ4v) is 5.27. The molecule has 1 N–H and O–H groups in total. The van der Waals surface area contributed by atoms with Crippen LogP contribution in [0.2, 0.25) is 0 Å². The highest BCUT2D eigenvalue weighted by molar-refractivity contribution is 5.84. The van der Waals surface area contributed by atoms with Gasteiger partial charge in [-0.05, 0) is 74.8 Å². The molecule has 2 aliphatic heterocycles. The molecular weight excluding hydrogens is 417 g/mol. The number of halogens is 1. The second kappa shape index (κ2) is 10.5. The van der Waals surface area contributed by atoms with Crippen molar-refractivity contribution >= 4 is 11.8 Å². The lowest BCUT2D eigenvalue weighted by atomic mass is 9.93. The summed E-state index contributed by atoms with van der Waals surface area (Å²) < 4.78 is 13.1. The fraction of sp³-hybridized carbons (Fsp3) is 0.481. The number of fused-ring (bicyclic) bond motifs is 1. The molecule has 2 aromatic carbocycles. The smallest absolute Gasteiger partial charge is 0.237 e. The highest BCUT2D eigenvalue weighted by atomic mass is 19.1. The average molecular weight is 452 g/mol. The minimum Gasteiger partial charge on any atom is -0.354 e. The van der Waals surface area contributed by atoms with Gasteiger partial charge in [0.15, 0.2) is 0 Å². The van der Waals surface area contributed by atoms with E-state index >= 15 is 0 Å². The molecule has 0 radical (unpaired) electrons. The van der Waals surface area contributed by atoms with Gasteiger partial charge in [0.2, 0.25) is 11.8 Å². The first-order valence-corrected chi connectivity index (χ1v) is 12.1. The monoisotopic (exact) mass is 451 g/mol. The number of hydrogen-bond donors (Lipinski definition) is 1. The van der Waals surface area contributed by atoms with E-state index in [-0.39, 0.29) is 42.3 Å². The molecule has 0 spiro atoms. The maximum Gasteiger partial charge on any atom is 0.237 e. The molecule has 3 atom stereocenters. The summed E-state index contributed by atoms with van der Waals surface area (Å²) in [7, 11) is 0. The second-order valence-corrected chi connectivity index (χ2v) is 9.49. The molecule has 0 bridgehead atoms. The van der Waals surface area contributed by atoms with Crippen LogP contribution in [0.3, 0.4) is 0 Å². The summed E-state index contributed by atoms with van der Waals surface area (Å²) in [5.74, 6) is -0.210. The van der Waals surface area contributed by atoms with Crippen molar-refractivity contribution in [1.29, 1.82) is 0 Å². The average Bonchev–Trinajstić information content (AvgIpc) is 2.79. The van der Waals surface area contributed by atoms with Gasteiger partial charge in [0.05, 0.1) is 12.6 Å². The zero-order valence-corrected chi connectivity index (χ0v) is 19.6. The molecular formula is C27H34FN3O2. The summed E-state index contributed by atoms with van der Waals surface area (Å²) in [6.45, 7) is 5.57. The van der Waals surface area contributed by atoms with Gasteiger partial charge in [0.1, 0.15) is 5.82 Å². The summed E-state index contributed by atoms with van der Waals surface area (Å²) in [6, 6.07) is 14.6.